The van der Waals surface area contributed by atoms with Crippen molar-refractivity contribution >= 4 is 11.8 Å². The van der Waals surface area contributed by atoms with Crippen molar-refractivity contribution in [2.24, 2.45) is 0 Å². The minimum atomic E-state index is -0.366. The van der Waals surface area contributed by atoms with E-state index >= 15 is 0 Å². The molecular formula is C9H16O4. The molecule has 0 aliphatic heterocycles. The third-order valence-corrected chi connectivity index (χ3v) is 1.57. The van der Waals surface area contributed by atoms with Crippen LogP contribution in [0, 0.1) is 0 Å². The summed E-state index contributed by atoms with van der Waals surface area (Å²) in [5.74, 6) is -0.297. The molecule has 0 saturated carbocycles. The summed E-state index contributed by atoms with van der Waals surface area (Å²) >= 11 is 0. The van der Waals surface area contributed by atoms with E-state index in [0.717, 1.165) is 0 Å². The lowest BCUT2D eigenvalue weighted by atomic mass is 10.2. The molecule has 0 aliphatic rings. The van der Waals surface area contributed by atoms with Gasteiger partial charge in [-0.3, -0.25) is 9.59 Å². The molecule has 13 heavy (non-hydrogen) atoms. The summed E-state index contributed by atoms with van der Waals surface area (Å²) < 4.78 is 4.73. The monoisotopic (exact) mass is 188 g/mol. The van der Waals surface area contributed by atoms with E-state index in [4.69, 9.17) is 9.84 Å². The predicted octanol–water partition coefficient (Wildman–Crippen LogP) is 0.671. The van der Waals surface area contributed by atoms with Gasteiger partial charge in [0.2, 0.25) is 0 Å². The number of Topliss-reactive ketones (excluding diaryl/α,β-unsaturated/α-hetero) is 1. The van der Waals surface area contributed by atoms with Gasteiger partial charge in [0, 0.05) is 25.9 Å². The molecule has 0 heterocycles. The fraction of sp³-hybridized carbons (Fsp3) is 0.778. The fourth-order valence-corrected chi connectivity index (χ4v) is 0.741. The van der Waals surface area contributed by atoms with E-state index in [1.54, 1.807) is 6.92 Å². The first-order valence-electron chi connectivity index (χ1n) is 4.49. The van der Waals surface area contributed by atoms with Gasteiger partial charge in [-0.1, -0.05) is 6.92 Å². The van der Waals surface area contributed by atoms with E-state index in [2.05, 4.69) is 0 Å². The maximum absolute atomic E-state index is 10.9. The van der Waals surface area contributed by atoms with Gasteiger partial charge in [0.15, 0.2) is 0 Å². The molecule has 0 rings (SSSR count). The Bertz CT molecular complexity index is 165. The number of ketones is 1. The first-order chi connectivity index (χ1) is 6.20. The summed E-state index contributed by atoms with van der Waals surface area (Å²) in [7, 11) is 0. The molecule has 4 heteroatoms. The van der Waals surface area contributed by atoms with E-state index in [1.807, 2.05) is 0 Å². The van der Waals surface area contributed by atoms with Gasteiger partial charge in [0.25, 0.3) is 0 Å². The highest BCUT2D eigenvalue weighted by Crippen LogP contribution is 1.97. The molecule has 0 atom stereocenters. The average molecular weight is 188 g/mol. The zero-order valence-corrected chi connectivity index (χ0v) is 7.91. The third-order valence-electron chi connectivity index (χ3n) is 1.57. The molecule has 0 fully saturated rings. The molecular weight excluding hydrogens is 172 g/mol. The van der Waals surface area contributed by atoms with Crippen molar-refractivity contribution in [2.45, 2.75) is 32.6 Å². The minimum Gasteiger partial charge on any atom is -0.466 e. The number of hydrogen-bond acceptors (Lipinski definition) is 4. The number of ether oxygens (including phenoxy) is 1. The van der Waals surface area contributed by atoms with E-state index in [-0.39, 0.29) is 37.8 Å². The summed E-state index contributed by atoms with van der Waals surface area (Å²) in [6, 6.07) is 0. The lowest BCUT2D eigenvalue weighted by Crippen LogP contribution is -2.09. The maximum atomic E-state index is 10.9. The Hall–Kier alpha value is -0.900. The number of hydrogen-bond donors (Lipinski definition) is 1. The molecule has 4 nitrogen and oxygen atoms in total. The Balaban J connectivity index is 3.35. The average Bonchev–Trinajstić information content (AvgIpc) is 2.14. The van der Waals surface area contributed by atoms with Crippen molar-refractivity contribution in [1.29, 1.82) is 0 Å². The molecule has 0 amide bonds. The van der Waals surface area contributed by atoms with Gasteiger partial charge in [-0.2, -0.15) is 0 Å². The van der Waals surface area contributed by atoms with Gasteiger partial charge >= 0.3 is 5.97 Å². The highest BCUT2D eigenvalue weighted by atomic mass is 16.5. The van der Waals surface area contributed by atoms with Crippen molar-refractivity contribution in [3.8, 4) is 0 Å². The van der Waals surface area contributed by atoms with Crippen LogP contribution in [0.1, 0.15) is 32.6 Å². The highest BCUT2D eigenvalue weighted by Gasteiger charge is 2.05. The Labute approximate surface area is 77.9 Å². The standard InChI is InChI=1S/C9H16O4/c1-2-8(11)4-5-9(12)13-7-3-6-10/h10H,2-7H2,1H3. The summed E-state index contributed by atoms with van der Waals surface area (Å²) in [6.07, 6.45) is 1.32. The van der Waals surface area contributed by atoms with Gasteiger partial charge in [-0.05, 0) is 0 Å². The van der Waals surface area contributed by atoms with E-state index < -0.39 is 0 Å². The van der Waals surface area contributed by atoms with Crippen LogP contribution in [0.5, 0.6) is 0 Å². The second-order valence-corrected chi connectivity index (χ2v) is 2.69. The Morgan fingerprint density at radius 3 is 2.54 bits per heavy atom. The largest absolute Gasteiger partial charge is 0.466 e. The van der Waals surface area contributed by atoms with Gasteiger partial charge < -0.3 is 9.84 Å². The van der Waals surface area contributed by atoms with Crippen LogP contribution < -0.4 is 0 Å². The van der Waals surface area contributed by atoms with Crippen LogP contribution in [-0.2, 0) is 14.3 Å². The summed E-state index contributed by atoms with van der Waals surface area (Å²) in [5, 5.41) is 8.39. The van der Waals surface area contributed by atoms with Crippen LogP contribution in [0.3, 0.4) is 0 Å². The number of carbonyl (C=O) groups is 2. The van der Waals surface area contributed by atoms with Crippen LogP contribution >= 0.6 is 0 Å². The summed E-state index contributed by atoms with van der Waals surface area (Å²) in [6.45, 7) is 2.01. The quantitative estimate of drug-likeness (QED) is 0.471. The molecule has 0 aliphatic carbocycles. The molecule has 0 radical (unpaired) electrons. The van der Waals surface area contributed by atoms with Gasteiger partial charge in [-0.15, -0.1) is 0 Å². The van der Waals surface area contributed by atoms with Crippen molar-refractivity contribution in [2.75, 3.05) is 13.2 Å². The molecule has 0 bridgehead atoms. The van der Waals surface area contributed by atoms with Crippen molar-refractivity contribution in [3.05, 3.63) is 0 Å². The first-order valence-corrected chi connectivity index (χ1v) is 4.49. The fourth-order valence-electron chi connectivity index (χ4n) is 0.741. The number of aliphatic hydroxyl groups is 1. The lowest BCUT2D eigenvalue weighted by molar-refractivity contribution is -0.145. The molecule has 76 valence electrons. The maximum Gasteiger partial charge on any atom is 0.306 e. The van der Waals surface area contributed by atoms with Crippen molar-refractivity contribution in [1.82, 2.24) is 0 Å². The number of aliphatic hydroxyl groups excluding tert-OH is 1. The predicted molar refractivity (Wildman–Crippen MR) is 47.2 cm³/mol. The van der Waals surface area contributed by atoms with Crippen LogP contribution in [-0.4, -0.2) is 30.1 Å². The van der Waals surface area contributed by atoms with E-state index in [1.165, 1.54) is 0 Å². The zero-order chi connectivity index (χ0) is 10.1. The second kappa shape index (κ2) is 7.73. The topological polar surface area (TPSA) is 63.6 Å². The Morgan fingerprint density at radius 1 is 1.31 bits per heavy atom. The normalized spacial score (nSPS) is 9.69. The molecule has 0 aromatic heterocycles. The molecule has 0 saturated heterocycles. The lowest BCUT2D eigenvalue weighted by Gasteiger charge is -2.02. The van der Waals surface area contributed by atoms with E-state index in [9.17, 15) is 9.59 Å². The molecule has 0 unspecified atom stereocenters. The Morgan fingerprint density at radius 2 is 2.00 bits per heavy atom. The van der Waals surface area contributed by atoms with Crippen LogP contribution in [0.4, 0.5) is 0 Å². The molecule has 1 N–H and O–H groups in total. The van der Waals surface area contributed by atoms with Crippen molar-refractivity contribution < 1.29 is 19.4 Å². The smallest absolute Gasteiger partial charge is 0.306 e. The summed E-state index contributed by atoms with van der Waals surface area (Å²) in [5.41, 5.74) is 0. The summed E-state index contributed by atoms with van der Waals surface area (Å²) in [4.78, 5) is 21.7. The van der Waals surface area contributed by atoms with Crippen LogP contribution in [0.25, 0.3) is 0 Å². The number of esters is 1. The SMILES string of the molecule is CCC(=O)CCC(=O)OCCCO. The van der Waals surface area contributed by atoms with Gasteiger partial charge in [-0.25, -0.2) is 0 Å². The minimum absolute atomic E-state index is 0.0151. The van der Waals surface area contributed by atoms with Crippen molar-refractivity contribution in [3.63, 3.8) is 0 Å². The Kier molecular flexibility index (Phi) is 7.20. The van der Waals surface area contributed by atoms with Crippen LogP contribution in [0.2, 0.25) is 0 Å². The zero-order valence-electron chi connectivity index (χ0n) is 7.91. The number of rotatable bonds is 7. The molecule has 0 aromatic rings. The molecule has 0 aromatic carbocycles. The first kappa shape index (κ1) is 12.1. The second-order valence-electron chi connectivity index (χ2n) is 2.69. The van der Waals surface area contributed by atoms with Crippen LogP contribution in [0.15, 0.2) is 0 Å². The number of carbonyl (C=O) groups excluding carboxylic acids is 2. The van der Waals surface area contributed by atoms with Gasteiger partial charge in [0.1, 0.15) is 5.78 Å². The molecule has 0 spiro atoms. The van der Waals surface area contributed by atoms with Gasteiger partial charge in [0.05, 0.1) is 13.0 Å². The van der Waals surface area contributed by atoms with E-state index in [0.29, 0.717) is 12.8 Å². The highest BCUT2D eigenvalue weighted by molar-refractivity contribution is 5.82. The third kappa shape index (κ3) is 7.46.